The van der Waals surface area contributed by atoms with Gasteiger partial charge >= 0.3 is 0 Å². The fourth-order valence-electron chi connectivity index (χ4n) is 4.16. The molecule has 3 aromatic rings. The third kappa shape index (κ3) is 5.69. The lowest BCUT2D eigenvalue weighted by Crippen LogP contribution is -2.43. The summed E-state index contributed by atoms with van der Waals surface area (Å²) in [7, 11) is 0. The van der Waals surface area contributed by atoms with Crippen LogP contribution in [0.4, 0.5) is 10.2 Å². The van der Waals surface area contributed by atoms with E-state index in [2.05, 4.69) is 39.2 Å². The van der Waals surface area contributed by atoms with Crippen LogP contribution in [0, 0.1) is 11.7 Å². The Hall–Kier alpha value is -3.28. The van der Waals surface area contributed by atoms with Crippen molar-refractivity contribution in [1.29, 1.82) is 0 Å². The highest BCUT2D eigenvalue weighted by Crippen LogP contribution is 2.25. The minimum Gasteiger partial charge on any atom is -0.356 e. The van der Waals surface area contributed by atoms with Crippen molar-refractivity contribution in [3.63, 3.8) is 0 Å². The molecule has 1 atom stereocenters. The second-order valence-corrected chi connectivity index (χ2v) is 8.47. The zero-order valence-electron chi connectivity index (χ0n) is 18.4. The molecule has 1 aliphatic heterocycles. The summed E-state index contributed by atoms with van der Waals surface area (Å²) < 4.78 is 13.6. The molecule has 4 rings (SSSR count). The summed E-state index contributed by atoms with van der Waals surface area (Å²) in [6, 6.07) is 18.8. The summed E-state index contributed by atoms with van der Waals surface area (Å²) in [5.74, 6) is 0.699. The smallest absolute Gasteiger partial charge is 0.223 e. The number of hydrogen-bond acceptors (Lipinski definition) is 4. The Labute approximate surface area is 188 Å². The number of piperidine rings is 1. The molecule has 1 N–H and O–H groups in total. The molecular weight excluding hydrogens is 403 g/mol. The molecule has 1 fully saturated rings. The number of benzene rings is 2. The monoisotopic (exact) mass is 432 g/mol. The maximum atomic E-state index is 13.6. The molecule has 1 amide bonds. The van der Waals surface area contributed by atoms with E-state index >= 15 is 0 Å². The van der Waals surface area contributed by atoms with Gasteiger partial charge in [0.05, 0.1) is 5.69 Å². The van der Waals surface area contributed by atoms with Crippen molar-refractivity contribution in [1.82, 2.24) is 15.3 Å². The first-order chi connectivity index (χ1) is 15.6. The van der Waals surface area contributed by atoms with Crippen LogP contribution < -0.4 is 10.2 Å². The molecule has 1 aliphatic rings. The lowest BCUT2D eigenvalue weighted by molar-refractivity contribution is -0.126. The standard InChI is InChI=1S/C26H29FN4O/c1-19(10-11-20-6-3-2-4-7-20)30-26(32)21-12-14-31(15-13-21)25-17-24(28-18-29-25)22-8-5-9-23(27)16-22/h2-9,16-19,21H,10-15H2,1H3,(H,30,32)/t19-/m1/s1. The Kier molecular flexibility index (Phi) is 7.10. The van der Waals surface area contributed by atoms with Crippen LogP contribution in [0.5, 0.6) is 0 Å². The lowest BCUT2D eigenvalue weighted by atomic mass is 9.95. The number of carbonyl (C=O) groups excluding carboxylic acids is 1. The van der Waals surface area contributed by atoms with E-state index in [1.807, 2.05) is 30.3 Å². The molecule has 166 valence electrons. The molecule has 1 aromatic heterocycles. The Morgan fingerprint density at radius 1 is 1.09 bits per heavy atom. The molecule has 5 nitrogen and oxygen atoms in total. The quantitative estimate of drug-likeness (QED) is 0.591. The van der Waals surface area contributed by atoms with E-state index in [4.69, 9.17) is 0 Å². The van der Waals surface area contributed by atoms with Crippen LogP contribution in [-0.2, 0) is 11.2 Å². The number of hydrogen-bond donors (Lipinski definition) is 1. The molecule has 0 saturated carbocycles. The molecule has 0 unspecified atom stereocenters. The Bertz CT molecular complexity index is 1030. The molecule has 32 heavy (non-hydrogen) atoms. The van der Waals surface area contributed by atoms with Gasteiger partial charge in [0.2, 0.25) is 5.91 Å². The number of aromatic nitrogens is 2. The van der Waals surface area contributed by atoms with E-state index < -0.39 is 0 Å². The van der Waals surface area contributed by atoms with E-state index in [0.717, 1.165) is 50.2 Å². The van der Waals surface area contributed by atoms with Crippen LogP contribution in [0.3, 0.4) is 0 Å². The van der Waals surface area contributed by atoms with Crippen molar-refractivity contribution < 1.29 is 9.18 Å². The van der Waals surface area contributed by atoms with Crippen molar-refractivity contribution in [2.45, 2.75) is 38.6 Å². The predicted molar refractivity (Wildman–Crippen MR) is 125 cm³/mol. The van der Waals surface area contributed by atoms with Gasteiger partial charge in [-0.2, -0.15) is 0 Å². The van der Waals surface area contributed by atoms with Gasteiger partial charge in [-0.15, -0.1) is 0 Å². The van der Waals surface area contributed by atoms with Crippen LogP contribution in [0.1, 0.15) is 31.7 Å². The number of halogens is 1. The number of amides is 1. The topological polar surface area (TPSA) is 58.1 Å². The van der Waals surface area contributed by atoms with Crippen molar-refractivity contribution in [3.8, 4) is 11.3 Å². The van der Waals surface area contributed by atoms with Crippen LogP contribution in [-0.4, -0.2) is 35.0 Å². The third-order valence-electron chi connectivity index (χ3n) is 6.06. The fourth-order valence-corrected chi connectivity index (χ4v) is 4.16. The average Bonchev–Trinajstić information content (AvgIpc) is 2.83. The average molecular weight is 433 g/mol. The zero-order chi connectivity index (χ0) is 22.3. The van der Waals surface area contributed by atoms with Crippen molar-refractivity contribution in [3.05, 3.63) is 78.4 Å². The van der Waals surface area contributed by atoms with E-state index in [1.165, 1.54) is 24.0 Å². The van der Waals surface area contributed by atoms with Gasteiger partial charge in [0.25, 0.3) is 0 Å². The van der Waals surface area contributed by atoms with Gasteiger partial charge in [0, 0.05) is 36.7 Å². The van der Waals surface area contributed by atoms with Crippen molar-refractivity contribution >= 4 is 11.7 Å². The predicted octanol–water partition coefficient (Wildman–Crippen LogP) is 4.64. The Morgan fingerprint density at radius 3 is 2.62 bits per heavy atom. The van der Waals surface area contributed by atoms with Gasteiger partial charge in [-0.3, -0.25) is 4.79 Å². The minimum absolute atomic E-state index is 0.0231. The van der Waals surface area contributed by atoms with E-state index in [0.29, 0.717) is 5.69 Å². The van der Waals surface area contributed by atoms with Gasteiger partial charge < -0.3 is 10.2 Å². The summed E-state index contributed by atoms with van der Waals surface area (Å²) in [5, 5.41) is 3.19. The van der Waals surface area contributed by atoms with Crippen molar-refractivity contribution in [2.75, 3.05) is 18.0 Å². The molecule has 0 aliphatic carbocycles. The number of carbonyl (C=O) groups is 1. The molecule has 0 spiro atoms. The first-order valence-corrected chi connectivity index (χ1v) is 11.3. The highest BCUT2D eigenvalue weighted by Gasteiger charge is 2.26. The third-order valence-corrected chi connectivity index (χ3v) is 6.06. The van der Waals surface area contributed by atoms with Crippen LogP contribution in [0.2, 0.25) is 0 Å². The molecule has 2 heterocycles. The number of rotatable bonds is 7. The number of anilines is 1. The fraction of sp³-hybridized carbons (Fsp3) is 0.346. The second-order valence-electron chi connectivity index (χ2n) is 8.47. The van der Waals surface area contributed by atoms with Gasteiger partial charge in [-0.05, 0) is 50.3 Å². The Balaban J connectivity index is 1.28. The van der Waals surface area contributed by atoms with E-state index in [-0.39, 0.29) is 23.7 Å². The first kappa shape index (κ1) is 21.9. The molecule has 6 heteroatoms. The highest BCUT2D eigenvalue weighted by molar-refractivity contribution is 5.79. The minimum atomic E-state index is -0.285. The van der Waals surface area contributed by atoms with Gasteiger partial charge in [-0.25, -0.2) is 14.4 Å². The normalized spacial score (nSPS) is 15.4. The van der Waals surface area contributed by atoms with E-state index in [9.17, 15) is 9.18 Å². The summed E-state index contributed by atoms with van der Waals surface area (Å²) >= 11 is 0. The van der Waals surface area contributed by atoms with Crippen LogP contribution >= 0.6 is 0 Å². The van der Waals surface area contributed by atoms with Crippen LogP contribution in [0.25, 0.3) is 11.3 Å². The maximum Gasteiger partial charge on any atom is 0.223 e. The maximum absolute atomic E-state index is 13.6. The number of nitrogens with one attached hydrogen (secondary N) is 1. The van der Waals surface area contributed by atoms with Gasteiger partial charge in [0.1, 0.15) is 18.0 Å². The molecule has 2 aromatic carbocycles. The first-order valence-electron chi connectivity index (χ1n) is 11.3. The SMILES string of the molecule is C[C@H](CCc1ccccc1)NC(=O)C1CCN(c2cc(-c3cccc(F)c3)ncn2)CC1. The van der Waals surface area contributed by atoms with Gasteiger partial charge in [0.15, 0.2) is 0 Å². The summed E-state index contributed by atoms with van der Waals surface area (Å²) in [6.07, 6.45) is 4.98. The molecule has 0 bridgehead atoms. The summed E-state index contributed by atoms with van der Waals surface area (Å²) in [6.45, 7) is 3.59. The van der Waals surface area contributed by atoms with Gasteiger partial charge in [-0.1, -0.05) is 42.5 Å². The zero-order valence-corrected chi connectivity index (χ0v) is 18.4. The lowest BCUT2D eigenvalue weighted by Gasteiger charge is -2.32. The van der Waals surface area contributed by atoms with Crippen LogP contribution in [0.15, 0.2) is 67.0 Å². The van der Waals surface area contributed by atoms with E-state index in [1.54, 1.807) is 6.07 Å². The molecule has 1 saturated heterocycles. The van der Waals surface area contributed by atoms with Crippen molar-refractivity contribution in [2.24, 2.45) is 5.92 Å². The second kappa shape index (κ2) is 10.4. The highest BCUT2D eigenvalue weighted by atomic mass is 19.1. The molecule has 0 radical (unpaired) electrons. The number of nitrogens with zero attached hydrogens (tertiary/aromatic N) is 3. The summed E-state index contributed by atoms with van der Waals surface area (Å²) in [4.78, 5) is 23.6. The number of aryl methyl sites for hydroxylation is 1. The largest absolute Gasteiger partial charge is 0.356 e. The molecular formula is C26H29FN4O. The Morgan fingerprint density at radius 2 is 1.88 bits per heavy atom. The summed E-state index contributed by atoms with van der Waals surface area (Å²) in [5.41, 5.74) is 2.72.